The summed E-state index contributed by atoms with van der Waals surface area (Å²) in [7, 11) is -0.910. The molecular weight excluding hydrogens is 170 g/mol. The zero-order valence-corrected chi connectivity index (χ0v) is 7.60. The highest BCUT2D eigenvalue weighted by Gasteiger charge is 1.99. The highest BCUT2D eigenvalue weighted by atomic mass is 32.2. The highest BCUT2D eigenvalue weighted by Crippen LogP contribution is 2.07. The Hall–Kier alpha value is -1.14. The Morgan fingerprint density at radius 1 is 1.42 bits per heavy atom. The van der Waals surface area contributed by atoms with E-state index in [1.807, 2.05) is 13.0 Å². The van der Waals surface area contributed by atoms with Crippen LogP contribution < -0.4 is 0 Å². The molecular formula is C9H9NOS. The zero-order valence-electron chi connectivity index (χ0n) is 6.78. The third kappa shape index (κ3) is 1.93. The minimum Gasteiger partial charge on any atom is -0.254 e. The van der Waals surface area contributed by atoms with Gasteiger partial charge in [-0.2, -0.15) is 5.26 Å². The summed E-state index contributed by atoms with van der Waals surface area (Å²) in [6.45, 7) is 1.87. The number of hydrogen-bond donors (Lipinski definition) is 0. The van der Waals surface area contributed by atoms with Gasteiger partial charge in [0, 0.05) is 10.6 Å². The van der Waals surface area contributed by atoms with Crippen LogP contribution in [0.5, 0.6) is 0 Å². The molecule has 0 radical (unpaired) electrons. The smallest absolute Gasteiger partial charge is 0.0991 e. The summed E-state index contributed by atoms with van der Waals surface area (Å²) in [4.78, 5) is 0.788. The van der Waals surface area contributed by atoms with Crippen molar-refractivity contribution in [1.29, 1.82) is 5.26 Å². The third-order valence-electron chi connectivity index (χ3n) is 1.51. The molecule has 1 aromatic carbocycles. The van der Waals surface area contributed by atoms with Gasteiger partial charge in [-0.15, -0.1) is 0 Å². The van der Waals surface area contributed by atoms with Gasteiger partial charge >= 0.3 is 0 Å². The fourth-order valence-corrected chi connectivity index (χ4v) is 1.62. The van der Waals surface area contributed by atoms with Gasteiger partial charge in [-0.1, -0.05) is 6.92 Å². The van der Waals surface area contributed by atoms with E-state index in [1.165, 1.54) is 0 Å². The lowest BCUT2D eigenvalue weighted by molar-refractivity contribution is 0.684. The lowest BCUT2D eigenvalue weighted by Gasteiger charge is -1.96. The summed E-state index contributed by atoms with van der Waals surface area (Å²) >= 11 is 0. The van der Waals surface area contributed by atoms with E-state index < -0.39 is 10.8 Å². The molecule has 0 bridgehead atoms. The average Bonchev–Trinajstić information content (AvgIpc) is 2.17. The quantitative estimate of drug-likeness (QED) is 0.693. The summed E-state index contributed by atoms with van der Waals surface area (Å²) in [6.07, 6.45) is 0. The molecule has 0 amide bonds. The first kappa shape index (κ1) is 8.95. The number of nitriles is 1. The van der Waals surface area contributed by atoms with Crippen LogP contribution in [0.1, 0.15) is 12.5 Å². The Kier molecular flexibility index (Phi) is 3.01. The molecule has 0 saturated heterocycles. The lowest BCUT2D eigenvalue weighted by Crippen LogP contribution is -1.93. The molecule has 0 aliphatic rings. The van der Waals surface area contributed by atoms with Crippen LogP contribution in [-0.2, 0) is 10.8 Å². The van der Waals surface area contributed by atoms with Gasteiger partial charge in [0.2, 0.25) is 0 Å². The van der Waals surface area contributed by atoms with Gasteiger partial charge in [-0.25, -0.2) is 0 Å². The van der Waals surface area contributed by atoms with Gasteiger partial charge in [0.25, 0.3) is 0 Å². The predicted octanol–water partition coefficient (Wildman–Crippen LogP) is 1.69. The molecule has 0 saturated carbocycles. The van der Waals surface area contributed by atoms with E-state index in [1.54, 1.807) is 24.3 Å². The Balaban J connectivity index is 2.94. The van der Waals surface area contributed by atoms with E-state index in [9.17, 15) is 4.21 Å². The van der Waals surface area contributed by atoms with Gasteiger partial charge < -0.3 is 0 Å². The van der Waals surface area contributed by atoms with Crippen LogP contribution in [0.25, 0.3) is 0 Å². The van der Waals surface area contributed by atoms with Crippen molar-refractivity contribution in [3.63, 3.8) is 0 Å². The van der Waals surface area contributed by atoms with Crippen LogP contribution >= 0.6 is 0 Å². The van der Waals surface area contributed by atoms with Crippen molar-refractivity contribution >= 4 is 10.8 Å². The SMILES string of the molecule is CCS(=O)c1ccc(C#N)cc1. The summed E-state index contributed by atoms with van der Waals surface area (Å²) in [5, 5.41) is 8.50. The van der Waals surface area contributed by atoms with E-state index in [0.717, 1.165) is 4.90 Å². The van der Waals surface area contributed by atoms with Gasteiger partial charge in [-0.3, -0.25) is 4.21 Å². The average molecular weight is 179 g/mol. The summed E-state index contributed by atoms with van der Waals surface area (Å²) in [5.74, 6) is 0.617. The van der Waals surface area contributed by atoms with Crippen LogP contribution in [-0.4, -0.2) is 9.96 Å². The van der Waals surface area contributed by atoms with Crippen LogP contribution in [0.3, 0.4) is 0 Å². The molecule has 62 valence electrons. The maximum atomic E-state index is 11.2. The maximum Gasteiger partial charge on any atom is 0.0991 e. The Labute approximate surface area is 74.3 Å². The molecule has 12 heavy (non-hydrogen) atoms. The number of benzene rings is 1. The molecule has 1 atom stereocenters. The van der Waals surface area contributed by atoms with Crippen molar-refractivity contribution in [1.82, 2.24) is 0 Å². The van der Waals surface area contributed by atoms with Crippen molar-refractivity contribution in [2.45, 2.75) is 11.8 Å². The molecule has 0 aliphatic carbocycles. The second-order valence-electron chi connectivity index (χ2n) is 2.27. The molecule has 1 unspecified atom stereocenters. The van der Waals surface area contributed by atoms with Crippen molar-refractivity contribution in [3.05, 3.63) is 29.8 Å². The molecule has 0 aromatic heterocycles. The molecule has 0 spiro atoms. The first-order valence-electron chi connectivity index (χ1n) is 3.66. The molecule has 0 aliphatic heterocycles. The monoisotopic (exact) mass is 179 g/mol. The first-order valence-corrected chi connectivity index (χ1v) is 4.98. The number of hydrogen-bond acceptors (Lipinski definition) is 2. The third-order valence-corrected chi connectivity index (χ3v) is 2.83. The predicted molar refractivity (Wildman–Crippen MR) is 48.1 cm³/mol. The van der Waals surface area contributed by atoms with E-state index >= 15 is 0 Å². The van der Waals surface area contributed by atoms with Gasteiger partial charge in [0.1, 0.15) is 0 Å². The molecule has 3 heteroatoms. The van der Waals surface area contributed by atoms with E-state index in [2.05, 4.69) is 0 Å². The molecule has 0 heterocycles. The van der Waals surface area contributed by atoms with Crippen LogP contribution in [0.15, 0.2) is 29.2 Å². The van der Waals surface area contributed by atoms with Crippen molar-refractivity contribution in [2.24, 2.45) is 0 Å². The normalized spacial score (nSPS) is 12.0. The molecule has 0 N–H and O–H groups in total. The van der Waals surface area contributed by atoms with E-state index in [0.29, 0.717) is 11.3 Å². The summed E-state index contributed by atoms with van der Waals surface area (Å²) < 4.78 is 11.2. The second kappa shape index (κ2) is 4.03. The topological polar surface area (TPSA) is 40.9 Å². The lowest BCUT2D eigenvalue weighted by atomic mass is 10.2. The number of nitrogens with zero attached hydrogens (tertiary/aromatic N) is 1. The molecule has 1 rings (SSSR count). The first-order chi connectivity index (χ1) is 5.77. The fraction of sp³-hybridized carbons (Fsp3) is 0.222. The Bertz CT molecular complexity index is 323. The van der Waals surface area contributed by atoms with E-state index in [-0.39, 0.29) is 0 Å². The Morgan fingerprint density at radius 2 is 2.00 bits per heavy atom. The highest BCUT2D eigenvalue weighted by molar-refractivity contribution is 7.85. The fourth-order valence-electron chi connectivity index (χ4n) is 0.848. The largest absolute Gasteiger partial charge is 0.254 e. The van der Waals surface area contributed by atoms with Crippen LogP contribution in [0.4, 0.5) is 0 Å². The molecule has 2 nitrogen and oxygen atoms in total. The molecule has 1 aromatic rings. The second-order valence-corrected chi connectivity index (χ2v) is 4.01. The van der Waals surface area contributed by atoms with Gasteiger partial charge in [-0.05, 0) is 24.3 Å². The van der Waals surface area contributed by atoms with Crippen LogP contribution in [0.2, 0.25) is 0 Å². The summed E-state index contributed by atoms with van der Waals surface area (Å²) in [5.41, 5.74) is 0.604. The zero-order chi connectivity index (χ0) is 8.97. The molecule has 0 fully saturated rings. The minimum absolute atomic E-state index is 0.604. The van der Waals surface area contributed by atoms with Crippen LogP contribution in [0, 0.1) is 11.3 Å². The maximum absolute atomic E-state index is 11.2. The standard InChI is InChI=1S/C9H9NOS/c1-2-12(11)9-5-3-8(7-10)4-6-9/h3-6H,2H2,1H3. The van der Waals surface area contributed by atoms with Crippen molar-refractivity contribution in [2.75, 3.05) is 5.75 Å². The van der Waals surface area contributed by atoms with E-state index in [4.69, 9.17) is 5.26 Å². The van der Waals surface area contributed by atoms with Crippen molar-refractivity contribution < 1.29 is 4.21 Å². The summed E-state index contributed by atoms with van der Waals surface area (Å²) in [6, 6.07) is 8.85. The van der Waals surface area contributed by atoms with Gasteiger partial charge in [0.05, 0.1) is 22.4 Å². The van der Waals surface area contributed by atoms with Crippen molar-refractivity contribution in [3.8, 4) is 6.07 Å². The number of rotatable bonds is 2. The van der Waals surface area contributed by atoms with Gasteiger partial charge in [0.15, 0.2) is 0 Å². The Morgan fingerprint density at radius 3 is 2.42 bits per heavy atom. The minimum atomic E-state index is -0.910.